The third kappa shape index (κ3) is 3.36. The first kappa shape index (κ1) is 14.8. The summed E-state index contributed by atoms with van der Waals surface area (Å²) in [6.07, 6.45) is 4.81. The minimum absolute atomic E-state index is 0.0804. The van der Waals surface area contributed by atoms with Gasteiger partial charge < -0.3 is 10.2 Å². The molecule has 0 aliphatic carbocycles. The molecule has 3 rings (SSSR count). The Morgan fingerprint density at radius 2 is 2.00 bits per heavy atom. The normalized spacial score (nSPS) is 18.3. The summed E-state index contributed by atoms with van der Waals surface area (Å²) in [7, 11) is 0. The number of carbonyl (C=O) groups is 1. The Balaban J connectivity index is 1.69. The molecule has 1 saturated heterocycles. The zero-order valence-corrected chi connectivity index (χ0v) is 12.8. The van der Waals surface area contributed by atoms with Crippen LogP contribution < -0.4 is 5.32 Å². The van der Waals surface area contributed by atoms with Crippen molar-refractivity contribution < 1.29 is 4.79 Å². The van der Waals surface area contributed by atoms with E-state index >= 15 is 0 Å². The van der Waals surface area contributed by atoms with Crippen LogP contribution in [0.15, 0.2) is 42.7 Å². The first-order valence-corrected chi connectivity index (χ1v) is 7.67. The lowest BCUT2D eigenvalue weighted by molar-refractivity contribution is -0.134. The fourth-order valence-corrected chi connectivity index (χ4v) is 2.78. The van der Waals surface area contributed by atoms with Crippen molar-refractivity contribution in [1.29, 1.82) is 0 Å². The topological polar surface area (TPSA) is 58.1 Å². The highest BCUT2D eigenvalue weighted by molar-refractivity contribution is 6.31. The maximum absolute atomic E-state index is 12.6. The lowest BCUT2D eigenvalue weighted by Crippen LogP contribution is -2.47. The number of anilines is 1. The molecule has 22 heavy (non-hydrogen) atoms. The van der Waals surface area contributed by atoms with Gasteiger partial charge in [0.1, 0.15) is 6.04 Å². The van der Waals surface area contributed by atoms with Crippen molar-refractivity contribution in [2.45, 2.75) is 25.4 Å². The van der Waals surface area contributed by atoms with E-state index in [0.717, 1.165) is 24.9 Å². The quantitative estimate of drug-likeness (QED) is 0.942. The molecule has 1 unspecified atom stereocenters. The number of nitrogens with zero attached hydrogens (tertiary/aromatic N) is 3. The van der Waals surface area contributed by atoms with Crippen LogP contribution in [-0.2, 0) is 11.3 Å². The van der Waals surface area contributed by atoms with E-state index in [-0.39, 0.29) is 17.1 Å². The summed E-state index contributed by atoms with van der Waals surface area (Å²) in [6.45, 7) is 1.41. The van der Waals surface area contributed by atoms with Crippen LogP contribution in [0.1, 0.15) is 18.4 Å². The maximum atomic E-state index is 12.6. The van der Waals surface area contributed by atoms with Crippen LogP contribution in [0, 0.1) is 0 Å². The highest BCUT2D eigenvalue weighted by atomic mass is 35.5. The van der Waals surface area contributed by atoms with Crippen molar-refractivity contribution in [2.24, 2.45) is 0 Å². The Hall–Kier alpha value is -2.14. The van der Waals surface area contributed by atoms with Gasteiger partial charge in [0.2, 0.25) is 5.91 Å². The number of hydrogen-bond donors (Lipinski definition) is 1. The number of aromatic nitrogens is 2. The van der Waals surface area contributed by atoms with E-state index in [2.05, 4.69) is 15.3 Å². The van der Waals surface area contributed by atoms with Crippen LogP contribution in [0.5, 0.6) is 0 Å². The van der Waals surface area contributed by atoms with Crippen LogP contribution in [0.25, 0.3) is 0 Å². The molecule has 1 atom stereocenters. The van der Waals surface area contributed by atoms with E-state index in [9.17, 15) is 4.79 Å². The fraction of sp³-hybridized carbons (Fsp3) is 0.312. The maximum Gasteiger partial charge on any atom is 0.245 e. The van der Waals surface area contributed by atoms with Gasteiger partial charge in [-0.25, -0.2) is 9.97 Å². The average molecular weight is 317 g/mol. The van der Waals surface area contributed by atoms with Gasteiger partial charge >= 0.3 is 0 Å². The van der Waals surface area contributed by atoms with E-state index in [1.807, 2.05) is 35.2 Å². The van der Waals surface area contributed by atoms with Gasteiger partial charge in [0.15, 0.2) is 11.0 Å². The number of piperidine rings is 1. The minimum atomic E-state index is -0.299. The number of likely N-dealkylation sites (tertiary alicyclic amines) is 1. The van der Waals surface area contributed by atoms with Gasteiger partial charge in [-0.1, -0.05) is 41.9 Å². The van der Waals surface area contributed by atoms with E-state index in [1.165, 1.54) is 6.20 Å². The Morgan fingerprint density at radius 1 is 1.23 bits per heavy atom. The van der Waals surface area contributed by atoms with Crippen LogP contribution in [-0.4, -0.2) is 33.4 Å². The number of carbonyl (C=O) groups excluding carboxylic acids is 1. The van der Waals surface area contributed by atoms with Gasteiger partial charge in [0.05, 0.1) is 0 Å². The molecule has 1 amide bonds. The third-order valence-corrected chi connectivity index (χ3v) is 3.99. The van der Waals surface area contributed by atoms with Crippen molar-refractivity contribution in [3.63, 3.8) is 0 Å². The lowest BCUT2D eigenvalue weighted by Gasteiger charge is -2.33. The molecule has 0 radical (unpaired) electrons. The monoisotopic (exact) mass is 316 g/mol. The predicted octanol–water partition coefficient (Wildman–Crippen LogP) is 2.73. The second-order valence-corrected chi connectivity index (χ2v) is 5.64. The van der Waals surface area contributed by atoms with Gasteiger partial charge in [-0.3, -0.25) is 4.79 Å². The largest absolute Gasteiger partial charge is 0.356 e. The summed E-state index contributed by atoms with van der Waals surface area (Å²) in [5, 5.41) is 3.41. The number of hydrogen-bond acceptors (Lipinski definition) is 4. The van der Waals surface area contributed by atoms with Crippen LogP contribution in [0.2, 0.25) is 5.15 Å². The van der Waals surface area contributed by atoms with E-state index in [0.29, 0.717) is 12.4 Å². The Bertz CT molecular complexity index is 650. The standard InChI is InChI=1S/C16H17ClN4O/c17-14-15(19-9-8-18-14)20-13-7-4-10-21(16(13)22)11-12-5-2-1-3-6-12/h1-3,5-6,8-9,13H,4,7,10-11H2,(H,19,20). The lowest BCUT2D eigenvalue weighted by atomic mass is 10.0. The molecule has 5 nitrogen and oxygen atoms in total. The van der Waals surface area contributed by atoms with Gasteiger partial charge in [0.25, 0.3) is 0 Å². The molecule has 1 aliphatic rings. The zero-order valence-electron chi connectivity index (χ0n) is 12.1. The molecule has 0 bridgehead atoms. The molecule has 1 aliphatic heterocycles. The number of benzene rings is 1. The third-order valence-electron chi connectivity index (χ3n) is 3.71. The molecule has 6 heteroatoms. The Labute approximate surface area is 134 Å². The van der Waals surface area contributed by atoms with Crippen molar-refractivity contribution in [3.05, 3.63) is 53.4 Å². The Kier molecular flexibility index (Phi) is 4.53. The minimum Gasteiger partial charge on any atom is -0.356 e. The number of amides is 1. The molecule has 1 aromatic heterocycles. The van der Waals surface area contributed by atoms with Crippen molar-refractivity contribution >= 4 is 23.3 Å². The molecule has 1 aromatic carbocycles. The molecule has 0 spiro atoms. The molecule has 2 heterocycles. The molecular formula is C16H17ClN4O. The van der Waals surface area contributed by atoms with E-state index < -0.39 is 0 Å². The van der Waals surface area contributed by atoms with Gasteiger partial charge in [0, 0.05) is 25.5 Å². The molecule has 2 aromatic rings. The second kappa shape index (κ2) is 6.75. The summed E-state index contributed by atoms with van der Waals surface area (Å²) in [5.74, 6) is 0.543. The first-order valence-electron chi connectivity index (χ1n) is 7.30. The van der Waals surface area contributed by atoms with Gasteiger partial charge in [-0.2, -0.15) is 0 Å². The fourth-order valence-electron chi connectivity index (χ4n) is 2.62. The summed E-state index contributed by atoms with van der Waals surface area (Å²) in [4.78, 5) is 22.6. The van der Waals surface area contributed by atoms with Gasteiger partial charge in [-0.15, -0.1) is 0 Å². The Morgan fingerprint density at radius 3 is 2.77 bits per heavy atom. The second-order valence-electron chi connectivity index (χ2n) is 5.28. The van der Waals surface area contributed by atoms with Crippen molar-refractivity contribution in [3.8, 4) is 0 Å². The highest BCUT2D eigenvalue weighted by Crippen LogP contribution is 2.21. The molecule has 1 fully saturated rings. The van der Waals surface area contributed by atoms with Crippen LogP contribution in [0.4, 0.5) is 5.82 Å². The molecule has 0 saturated carbocycles. The molecular weight excluding hydrogens is 300 g/mol. The van der Waals surface area contributed by atoms with E-state index in [1.54, 1.807) is 6.20 Å². The van der Waals surface area contributed by atoms with Crippen LogP contribution >= 0.6 is 11.6 Å². The number of nitrogens with one attached hydrogen (secondary N) is 1. The van der Waals surface area contributed by atoms with Crippen molar-refractivity contribution in [2.75, 3.05) is 11.9 Å². The highest BCUT2D eigenvalue weighted by Gasteiger charge is 2.29. The van der Waals surface area contributed by atoms with Gasteiger partial charge in [-0.05, 0) is 18.4 Å². The number of rotatable bonds is 4. The smallest absolute Gasteiger partial charge is 0.245 e. The number of halogens is 1. The molecule has 1 N–H and O–H groups in total. The predicted molar refractivity (Wildman–Crippen MR) is 85.5 cm³/mol. The summed E-state index contributed by atoms with van der Waals surface area (Å²) < 4.78 is 0. The van der Waals surface area contributed by atoms with Crippen LogP contribution in [0.3, 0.4) is 0 Å². The first-order chi connectivity index (χ1) is 10.7. The molecule has 114 valence electrons. The summed E-state index contributed by atoms with van der Waals surface area (Å²) in [6, 6.07) is 9.71. The summed E-state index contributed by atoms with van der Waals surface area (Å²) in [5.41, 5.74) is 1.13. The zero-order chi connectivity index (χ0) is 15.4. The average Bonchev–Trinajstić information content (AvgIpc) is 2.54. The summed E-state index contributed by atoms with van der Waals surface area (Å²) >= 11 is 6.00. The van der Waals surface area contributed by atoms with E-state index in [4.69, 9.17) is 11.6 Å². The SMILES string of the molecule is O=C1C(Nc2nccnc2Cl)CCCN1Cc1ccccc1. The van der Waals surface area contributed by atoms with Crippen molar-refractivity contribution in [1.82, 2.24) is 14.9 Å².